The van der Waals surface area contributed by atoms with Crippen LogP contribution < -0.4 is 5.32 Å². The van der Waals surface area contributed by atoms with E-state index in [2.05, 4.69) is 10.1 Å². The number of hydrogen-bond donors (Lipinski definition) is 1. The number of carbonyl (C=O) groups is 1. The summed E-state index contributed by atoms with van der Waals surface area (Å²) in [5, 5.41) is 3.16. The second-order valence-corrected chi connectivity index (χ2v) is 6.92. The molecule has 0 aliphatic carbocycles. The van der Waals surface area contributed by atoms with Gasteiger partial charge in [0.2, 0.25) is 10.0 Å². The van der Waals surface area contributed by atoms with Gasteiger partial charge in [0.15, 0.2) is 0 Å². The SMILES string of the molecule is CNC1CCN(S(=O)(=O)c2cccc(C(=O)OC)c2)CC1.Cl. The smallest absolute Gasteiger partial charge is 0.337 e. The minimum absolute atomic E-state index is 0. The molecule has 1 aliphatic rings. The van der Waals surface area contributed by atoms with Crippen LogP contribution in [0.15, 0.2) is 29.2 Å². The Morgan fingerprint density at radius 1 is 1.32 bits per heavy atom. The highest BCUT2D eigenvalue weighted by atomic mass is 35.5. The molecule has 6 nitrogen and oxygen atoms in total. The molecule has 0 saturated carbocycles. The molecule has 0 aromatic heterocycles. The third kappa shape index (κ3) is 3.98. The van der Waals surface area contributed by atoms with Crippen LogP contribution >= 0.6 is 12.4 Å². The summed E-state index contributed by atoms with van der Waals surface area (Å²) in [5.74, 6) is -0.541. The second kappa shape index (κ2) is 7.92. The van der Waals surface area contributed by atoms with Gasteiger partial charge in [-0.05, 0) is 38.1 Å². The first kappa shape index (κ1) is 18.9. The van der Waals surface area contributed by atoms with Gasteiger partial charge in [0, 0.05) is 19.1 Å². The van der Waals surface area contributed by atoms with E-state index in [0.717, 1.165) is 12.8 Å². The average Bonchev–Trinajstić information content (AvgIpc) is 2.54. The van der Waals surface area contributed by atoms with Gasteiger partial charge >= 0.3 is 5.97 Å². The first-order valence-corrected chi connectivity index (χ1v) is 8.29. The first-order chi connectivity index (χ1) is 9.98. The third-order valence-corrected chi connectivity index (χ3v) is 5.65. The number of rotatable bonds is 4. The van der Waals surface area contributed by atoms with Crippen molar-refractivity contribution in [3.8, 4) is 0 Å². The number of nitrogens with one attached hydrogen (secondary N) is 1. The average molecular weight is 349 g/mol. The molecule has 0 radical (unpaired) electrons. The highest BCUT2D eigenvalue weighted by molar-refractivity contribution is 7.89. The fourth-order valence-electron chi connectivity index (χ4n) is 2.44. The van der Waals surface area contributed by atoms with E-state index >= 15 is 0 Å². The maximum Gasteiger partial charge on any atom is 0.337 e. The number of piperidine rings is 1. The Morgan fingerprint density at radius 2 is 1.95 bits per heavy atom. The van der Waals surface area contributed by atoms with Gasteiger partial charge < -0.3 is 10.1 Å². The summed E-state index contributed by atoms with van der Waals surface area (Å²) in [6.45, 7) is 0.965. The molecule has 1 aliphatic heterocycles. The van der Waals surface area contributed by atoms with Crippen molar-refractivity contribution in [1.82, 2.24) is 9.62 Å². The van der Waals surface area contributed by atoms with Gasteiger partial charge in [-0.25, -0.2) is 13.2 Å². The first-order valence-electron chi connectivity index (χ1n) is 6.85. The maximum atomic E-state index is 12.6. The maximum absolute atomic E-state index is 12.6. The summed E-state index contributed by atoms with van der Waals surface area (Å²) < 4.78 is 31.3. The van der Waals surface area contributed by atoms with E-state index in [0.29, 0.717) is 19.1 Å². The number of halogens is 1. The number of hydrogen-bond acceptors (Lipinski definition) is 5. The second-order valence-electron chi connectivity index (χ2n) is 4.99. The number of nitrogens with zero attached hydrogens (tertiary/aromatic N) is 1. The molecule has 22 heavy (non-hydrogen) atoms. The Bertz CT molecular complexity index is 613. The molecule has 0 unspecified atom stereocenters. The lowest BCUT2D eigenvalue weighted by Gasteiger charge is -2.31. The highest BCUT2D eigenvalue weighted by Crippen LogP contribution is 2.21. The van der Waals surface area contributed by atoms with Crippen LogP contribution in [0.4, 0.5) is 0 Å². The fourth-order valence-corrected chi connectivity index (χ4v) is 3.95. The minimum atomic E-state index is -3.56. The molecule has 1 aromatic rings. The lowest BCUT2D eigenvalue weighted by atomic mass is 10.1. The van der Waals surface area contributed by atoms with E-state index in [1.165, 1.54) is 29.6 Å². The molecule has 8 heteroatoms. The zero-order chi connectivity index (χ0) is 15.5. The summed E-state index contributed by atoms with van der Waals surface area (Å²) in [6.07, 6.45) is 1.57. The van der Waals surface area contributed by atoms with Gasteiger partial charge in [0.25, 0.3) is 0 Å². The van der Waals surface area contributed by atoms with E-state index in [1.54, 1.807) is 6.07 Å². The Balaban J connectivity index is 0.00000242. The largest absolute Gasteiger partial charge is 0.465 e. The molecule has 2 rings (SSSR count). The van der Waals surface area contributed by atoms with Crippen LogP contribution in [0.5, 0.6) is 0 Å². The van der Waals surface area contributed by atoms with Gasteiger partial charge in [-0.15, -0.1) is 12.4 Å². The molecular weight excluding hydrogens is 328 g/mol. The highest BCUT2D eigenvalue weighted by Gasteiger charge is 2.29. The van der Waals surface area contributed by atoms with Gasteiger partial charge in [0.05, 0.1) is 17.6 Å². The van der Waals surface area contributed by atoms with Gasteiger partial charge in [-0.3, -0.25) is 0 Å². The standard InChI is InChI=1S/C14H20N2O4S.ClH/c1-15-12-6-8-16(9-7-12)21(18,19)13-5-3-4-11(10-13)14(17)20-2;/h3-5,10,12,15H,6-9H2,1-2H3;1H. The topological polar surface area (TPSA) is 75.7 Å². The molecule has 0 bridgehead atoms. The predicted molar refractivity (Wildman–Crippen MR) is 85.9 cm³/mol. The van der Waals surface area contributed by atoms with Crippen LogP contribution in [0, 0.1) is 0 Å². The van der Waals surface area contributed by atoms with Gasteiger partial charge in [0.1, 0.15) is 0 Å². The van der Waals surface area contributed by atoms with E-state index < -0.39 is 16.0 Å². The Morgan fingerprint density at radius 3 is 2.50 bits per heavy atom. The lowest BCUT2D eigenvalue weighted by Crippen LogP contribution is -2.43. The number of ether oxygens (including phenoxy) is 1. The summed E-state index contributed by atoms with van der Waals surface area (Å²) in [4.78, 5) is 11.6. The molecule has 1 fully saturated rings. The Labute approximate surface area is 137 Å². The molecule has 1 N–H and O–H groups in total. The lowest BCUT2D eigenvalue weighted by molar-refractivity contribution is 0.0600. The van der Waals surface area contributed by atoms with Crippen molar-refractivity contribution in [3.63, 3.8) is 0 Å². The zero-order valence-corrected chi connectivity index (χ0v) is 14.2. The Kier molecular flexibility index (Phi) is 6.80. The number of benzene rings is 1. The summed E-state index contributed by atoms with van der Waals surface area (Å²) in [5.41, 5.74) is 0.240. The van der Waals surface area contributed by atoms with Gasteiger partial charge in [-0.1, -0.05) is 6.07 Å². The normalized spacial score (nSPS) is 16.8. The van der Waals surface area contributed by atoms with Crippen molar-refractivity contribution in [1.29, 1.82) is 0 Å². The molecule has 0 atom stereocenters. The van der Waals surface area contributed by atoms with E-state index in [-0.39, 0.29) is 22.9 Å². The van der Waals surface area contributed by atoms with E-state index in [9.17, 15) is 13.2 Å². The van der Waals surface area contributed by atoms with Crippen LogP contribution in [0.2, 0.25) is 0 Å². The molecule has 1 heterocycles. The number of esters is 1. The van der Waals surface area contributed by atoms with Crippen LogP contribution in [0.3, 0.4) is 0 Å². The fraction of sp³-hybridized carbons (Fsp3) is 0.500. The molecule has 1 saturated heterocycles. The summed E-state index contributed by atoms with van der Waals surface area (Å²) >= 11 is 0. The van der Waals surface area contributed by atoms with Crippen molar-refractivity contribution in [2.45, 2.75) is 23.8 Å². The Hall–Kier alpha value is -1.15. The molecule has 0 spiro atoms. The predicted octanol–water partition coefficient (Wildman–Crippen LogP) is 1.27. The molecule has 124 valence electrons. The van der Waals surface area contributed by atoms with Crippen molar-refractivity contribution in [2.75, 3.05) is 27.2 Å². The summed E-state index contributed by atoms with van der Waals surface area (Å²) in [6, 6.07) is 6.33. The van der Waals surface area contributed by atoms with Crippen LogP contribution in [0.1, 0.15) is 23.2 Å². The third-order valence-electron chi connectivity index (χ3n) is 3.76. The van der Waals surface area contributed by atoms with Crippen molar-refractivity contribution in [2.24, 2.45) is 0 Å². The monoisotopic (exact) mass is 348 g/mol. The van der Waals surface area contributed by atoms with Crippen LogP contribution in [-0.2, 0) is 14.8 Å². The minimum Gasteiger partial charge on any atom is -0.465 e. The quantitative estimate of drug-likeness (QED) is 0.829. The van der Waals surface area contributed by atoms with Crippen molar-refractivity contribution >= 4 is 28.4 Å². The number of sulfonamides is 1. The molecule has 0 amide bonds. The molecule has 1 aromatic carbocycles. The van der Waals surface area contributed by atoms with E-state index in [4.69, 9.17) is 0 Å². The number of methoxy groups -OCH3 is 1. The zero-order valence-electron chi connectivity index (χ0n) is 12.6. The van der Waals surface area contributed by atoms with E-state index in [1.807, 2.05) is 7.05 Å². The van der Waals surface area contributed by atoms with Crippen molar-refractivity contribution in [3.05, 3.63) is 29.8 Å². The van der Waals surface area contributed by atoms with Crippen LogP contribution in [-0.4, -0.2) is 52.0 Å². The molecular formula is C14H21ClN2O4S. The van der Waals surface area contributed by atoms with Crippen LogP contribution in [0.25, 0.3) is 0 Å². The number of carbonyl (C=O) groups excluding carboxylic acids is 1. The summed E-state index contributed by atoms with van der Waals surface area (Å²) in [7, 11) is -0.407. The van der Waals surface area contributed by atoms with Crippen molar-refractivity contribution < 1.29 is 17.9 Å². The van der Waals surface area contributed by atoms with Gasteiger partial charge in [-0.2, -0.15) is 4.31 Å².